The Kier molecular flexibility index (Phi) is 4.99. The maximum absolute atomic E-state index is 12.1. The molecule has 1 aromatic rings. The molecule has 2 atom stereocenters. The van der Waals surface area contributed by atoms with Gasteiger partial charge >= 0.3 is 4.87 Å². The van der Waals surface area contributed by atoms with Crippen LogP contribution in [0.3, 0.4) is 0 Å². The molecule has 1 fully saturated rings. The third-order valence-electron chi connectivity index (χ3n) is 4.24. The molecule has 1 heterocycles. The molecule has 0 aliphatic heterocycles. The number of carbonyl (C=O) groups is 1. The summed E-state index contributed by atoms with van der Waals surface area (Å²) in [5, 5.41) is 3.06. The molecular formula is C14H23N3O2S. The number of hydrogen-bond donors (Lipinski definition) is 2. The second-order valence-corrected chi connectivity index (χ2v) is 6.72. The highest BCUT2D eigenvalue weighted by Crippen LogP contribution is 2.23. The van der Waals surface area contributed by atoms with Crippen molar-refractivity contribution in [1.82, 2.24) is 9.88 Å². The molecule has 0 spiro atoms. The van der Waals surface area contributed by atoms with Crippen molar-refractivity contribution >= 4 is 17.2 Å². The number of aryl methyl sites for hydroxylation is 1. The molecule has 2 unspecified atom stereocenters. The van der Waals surface area contributed by atoms with E-state index in [-0.39, 0.29) is 23.4 Å². The van der Waals surface area contributed by atoms with Crippen molar-refractivity contribution < 1.29 is 4.79 Å². The molecule has 1 aromatic heterocycles. The van der Waals surface area contributed by atoms with E-state index in [0.29, 0.717) is 12.5 Å². The van der Waals surface area contributed by atoms with Gasteiger partial charge in [0.1, 0.15) is 6.54 Å². The quantitative estimate of drug-likeness (QED) is 0.875. The molecule has 1 amide bonds. The van der Waals surface area contributed by atoms with E-state index in [2.05, 4.69) is 5.32 Å². The Morgan fingerprint density at radius 3 is 2.70 bits per heavy atom. The van der Waals surface area contributed by atoms with Gasteiger partial charge in [0.2, 0.25) is 5.91 Å². The fraction of sp³-hybridized carbons (Fsp3) is 0.714. The molecule has 3 N–H and O–H groups in total. The highest BCUT2D eigenvalue weighted by Gasteiger charge is 2.25. The van der Waals surface area contributed by atoms with Gasteiger partial charge in [-0.2, -0.15) is 0 Å². The van der Waals surface area contributed by atoms with Crippen LogP contribution in [0.1, 0.15) is 36.3 Å². The molecule has 1 aliphatic carbocycles. The average molecular weight is 297 g/mol. The second-order valence-electron chi connectivity index (χ2n) is 5.55. The van der Waals surface area contributed by atoms with Gasteiger partial charge in [-0.15, -0.1) is 0 Å². The van der Waals surface area contributed by atoms with Crippen molar-refractivity contribution in [2.75, 3.05) is 6.54 Å². The Hall–Kier alpha value is -1.14. The smallest absolute Gasteiger partial charge is 0.308 e. The molecule has 2 rings (SSSR count). The van der Waals surface area contributed by atoms with Gasteiger partial charge in [-0.05, 0) is 39.2 Å². The van der Waals surface area contributed by atoms with Gasteiger partial charge in [-0.1, -0.05) is 24.2 Å². The second kappa shape index (κ2) is 6.54. The van der Waals surface area contributed by atoms with Crippen LogP contribution in [0, 0.1) is 19.8 Å². The van der Waals surface area contributed by atoms with E-state index in [9.17, 15) is 9.59 Å². The van der Waals surface area contributed by atoms with Crippen LogP contribution in [-0.4, -0.2) is 23.1 Å². The van der Waals surface area contributed by atoms with Gasteiger partial charge in [0.05, 0.1) is 0 Å². The average Bonchev–Trinajstić information content (AvgIpc) is 2.66. The SMILES string of the molecule is Cc1sc(=O)n(CC(=O)NC2CCCCC2CN)c1C. The maximum Gasteiger partial charge on any atom is 0.308 e. The molecule has 20 heavy (non-hydrogen) atoms. The van der Waals surface area contributed by atoms with Crippen molar-refractivity contribution in [1.29, 1.82) is 0 Å². The minimum atomic E-state index is -0.0849. The van der Waals surface area contributed by atoms with Gasteiger partial charge < -0.3 is 11.1 Å². The third kappa shape index (κ3) is 3.30. The van der Waals surface area contributed by atoms with Crippen LogP contribution in [0.25, 0.3) is 0 Å². The van der Waals surface area contributed by atoms with Gasteiger partial charge in [-0.25, -0.2) is 0 Å². The van der Waals surface area contributed by atoms with Crippen LogP contribution in [0.2, 0.25) is 0 Å². The van der Waals surface area contributed by atoms with E-state index < -0.39 is 0 Å². The van der Waals surface area contributed by atoms with E-state index >= 15 is 0 Å². The predicted octanol–water partition coefficient (Wildman–Crippen LogP) is 1.16. The molecular weight excluding hydrogens is 274 g/mol. The summed E-state index contributed by atoms with van der Waals surface area (Å²) in [4.78, 5) is 24.9. The number of nitrogens with zero attached hydrogens (tertiary/aromatic N) is 1. The van der Waals surface area contributed by atoms with Crippen LogP contribution in [0.15, 0.2) is 4.79 Å². The normalized spacial score (nSPS) is 22.8. The summed E-state index contributed by atoms with van der Waals surface area (Å²) in [7, 11) is 0. The van der Waals surface area contributed by atoms with Crippen LogP contribution >= 0.6 is 11.3 Å². The fourth-order valence-electron chi connectivity index (χ4n) is 2.85. The molecule has 0 aromatic carbocycles. The molecule has 5 nitrogen and oxygen atoms in total. The van der Waals surface area contributed by atoms with Crippen molar-refractivity contribution in [3.63, 3.8) is 0 Å². The molecule has 0 saturated heterocycles. The lowest BCUT2D eigenvalue weighted by molar-refractivity contribution is -0.123. The highest BCUT2D eigenvalue weighted by atomic mass is 32.1. The van der Waals surface area contributed by atoms with Gasteiger partial charge in [0.15, 0.2) is 0 Å². The predicted molar refractivity (Wildman–Crippen MR) is 81.0 cm³/mol. The largest absolute Gasteiger partial charge is 0.351 e. The zero-order valence-corrected chi connectivity index (χ0v) is 13.0. The van der Waals surface area contributed by atoms with Gasteiger partial charge in [0, 0.05) is 16.6 Å². The number of nitrogens with one attached hydrogen (secondary N) is 1. The first-order chi connectivity index (χ1) is 9.52. The maximum atomic E-state index is 12.1. The zero-order chi connectivity index (χ0) is 14.7. The summed E-state index contributed by atoms with van der Waals surface area (Å²) in [6, 6.07) is 0.164. The summed E-state index contributed by atoms with van der Waals surface area (Å²) in [5.74, 6) is 0.285. The van der Waals surface area contributed by atoms with E-state index in [1.165, 1.54) is 17.8 Å². The van der Waals surface area contributed by atoms with Crippen LogP contribution in [0.4, 0.5) is 0 Å². The first-order valence-corrected chi connectivity index (χ1v) is 8.00. The number of thiazole rings is 1. The monoisotopic (exact) mass is 297 g/mol. The first kappa shape index (κ1) is 15.3. The summed E-state index contributed by atoms with van der Waals surface area (Å²) < 4.78 is 1.55. The number of amides is 1. The minimum Gasteiger partial charge on any atom is -0.351 e. The lowest BCUT2D eigenvalue weighted by Crippen LogP contribution is -2.46. The number of rotatable bonds is 4. The van der Waals surface area contributed by atoms with E-state index in [1.807, 2.05) is 13.8 Å². The van der Waals surface area contributed by atoms with Crippen molar-refractivity contribution in [3.8, 4) is 0 Å². The Bertz CT molecular complexity index is 535. The molecule has 0 radical (unpaired) electrons. The summed E-state index contributed by atoms with van der Waals surface area (Å²) in [5.41, 5.74) is 6.65. The standard InChI is InChI=1S/C14H23N3O2S/c1-9-10(2)20-14(19)17(9)8-13(18)16-12-6-4-3-5-11(12)7-15/h11-12H,3-8,15H2,1-2H3,(H,16,18). The van der Waals surface area contributed by atoms with Crippen molar-refractivity contribution in [3.05, 3.63) is 20.2 Å². The molecule has 112 valence electrons. The summed E-state index contributed by atoms with van der Waals surface area (Å²) >= 11 is 1.20. The number of nitrogens with two attached hydrogens (primary N) is 1. The van der Waals surface area contributed by atoms with E-state index in [4.69, 9.17) is 5.73 Å². The Morgan fingerprint density at radius 1 is 1.40 bits per heavy atom. The minimum absolute atomic E-state index is 0.0610. The lowest BCUT2D eigenvalue weighted by Gasteiger charge is -2.31. The Morgan fingerprint density at radius 2 is 2.10 bits per heavy atom. The fourth-order valence-corrected chi connectivity index (χ4v) is 3.68. The van der Waals surface area contributed by atoms with Crippen molar-refractivity contribution in [2.45, 2.75) is 52.1 Å². The topological polar surface area (TPSA) is 77.1 Å². The lowest BCUT2D eigenvalue weighted by atomic mass is 9.84. The zero-order valence-electron chi connectivity index (χ0n) is 12.1. The van der Waals surface area contributed by atoms with Crippen LogP contribution in [0.5, 0.6) is 0 Å². The third-order valence-corrected chi connectivity index (χ3v) is 5.23. The molecule has 0 bridgehead atoms. The summed E-state index contributed by atoms with van der Waals surface area (Å²) in [6.45, 7) is 4.51. The highest BCUT2D eigenvalue weighted by molar-refractivity contribution is 7.09. The Balaban J connectivity index is 2.00. The van der Waals surface area contributed by atoms with Crippen LogP contribution < -0.4 is 15.9 Å². The number of hydrogen-bond acceptors (Lipinski definition) is 4. The first-order valence-electron chi connectivity index (χ1n) is 7.19. The van der Waals surface area contributed by atoms with E-state index in [1.54, 1.807) is 4.57 Å². The van der Waals surface area contributed by atoms with E-state index in [0.717, 1.165) is 29.8 Å². The van der Waals surface area contributed by atoms with Gasteiger partial charge in [0.25, 0.3) is 0 Å². The van der Waals surface area contributed by atoms with Crippen molar-refractivity contribution in [2.24, 2.45) is 11.7 Å². The summed E-state index contributed by atoms with van der Waals surface area (Å²) in [6.07, 6.45) is 4.40. The number of carbonyl (C=O) groups excluding carboxylic acids is 1. The molecule has 1 aliphatic rings. The molecule has 1 saturated carbocycles. The van der Waals surface area contributed by atoms with Gasteiger partial charge in [-0.3, -0.25) is 14.2 Å². The molecule has 6 heteroatoms. The Labute approximate surface area is 123 Å². The number of aromatic nitrogens is 1. The van der Waals surface area contributed by atoms with Crippen LogP contribution in [-0.2, 0) is 11.3 Å².